The van der Waals surface area contributed by atoms with Crippen molar-refractivity contribution in [1.82, 2.24) is 10.3 Å². The lowest BCUT2D eigenvalue weighted by molar-refractivity contribution is -0.185. The van der Waals surface area contributed by atoms with Crippen LogP contribution in [0.25, 0.3) is 0 Å². The van der Waals surface area contributed by atoms with Crippen molar-refractivity contribution in [3.8, 4) is 0 Å². The highest BCUT2D eigenvalue weighted by atomic mass is 32.1. The van der Waals surface area contributed by atoms with Gasteiger partial charge >= 0.3 is 0 Å². The fourth-order valence-corrected chi connectivity index (χ4v) is 5.90. The average Bonchev–Trinajstić information content (AvgIpc) is 3.54. The molecule has 0 unspecified atom stereocenters. The summed E-state index contributed by atoms with van der Waals surface area (Å²) < 4.78 is 11.7. The number of rotatable bonds is 7. The highest BCUT2D eigenvalue weighted by molar-refractivity contribution is 7.15. The van der Waals surface area contributed by atoms with Crippen LogP contribution in [0.1, 0.15) is 61.4 Å². The Labute approximate surface area is 233 Å². The van der Waals surface area contributed by atoms with Crippen molar-refractivity contribution in [2.24, 2.45) is 5.10 Å². The van der Waals surface area contributed by atoms with E-state index in [0.717, 1.165) is 54.7 Å². The molecule has 2 aromatic carbocycles. The Bertz CT molecular complexity index is 1380. The number of carbonyl (C=O) groups is 2. The highest BCUT2D eigenvalue weighted by Gasteiger charge is 2.39. The molecule has 1 aromatic heterocycles. The van der Waals surface area contributed by atoms with Gasteiger partial charge < -0.3 is 14.8 Å². The summed E-state index contributed by atoms with van der Waals surface area (Å²) in [4.78, 5) is 28.5. The Hall–Kier alpha value is -3.37. The standard InChI is InChI=1S/C30H34N4O4S/c1-20-7-8-23(15-21(20)2)17-31-33-28(36)26-22(3)19-39-29(26)32-27(35)25-6-4-5-24(16-25)18-34-11-9-30(10-12-34)37-13-14-38-30/h4-8,15-17,19H,9-14,18H2,1-3H3,(H,32,35)(H,33,36)/b31-17+. The van der Waals surface area contributed by atoms with Gasteiger partial charge in [0.1, 0.15) is 5.00 Å². The predicted octanol–water partition coefficient (Wildman–Crippen LogP) is 5.03. The number of nitrogens with zero attached hydrogens (tertiary/aromatic N) is 2. The van der Waals surface area contributed by atoms with Gasteiger partial charge in [-0.25, -0.2) is 5.43 Å². The second kappa shape index (κ2) is 11.8. The Morgan fingerprint density at radius 3 is 2.51 bits per heavy atom. The molecule has 8 nitrogen and oxygen atoms in total. The maximum Gasteiger partial charge on any atom is 0.274 e. The van der Waals surface area contributed by atoms with Crippen LogP contribution in [0.15, 0.2) is 52.9 Å². The number of thiophene rings is 1. The van der Waals surface area contributed by atoms with E-state index in [1.165, 1.54) is 16.9 Å². The molecule has 39 heavy (non-hydrogen) atoms. The van der Waals surface area contributed by atoms with E-state index in [9.17, 15) is 9.59 Å². The number of hydrogen-bond acceptors (Lipinski definition) is 7. The molecule has 5 rings (SSSR count). The van der Waals surface area contributed by atoms with Gasteiger partial charge in [-0.2, -0.15) is 5.10 Å². The number of ether oxygens (including phenoxy) is 2. The first-order valence-corrected chi connectivity index (χ1v) is 14.1. The van der Waals surface area contributed by atoms with Gasteiger partial charge in [0.05, 0.1) is 25.0 Å². The topological polar surface area (TPSA) is 92.3 Å². The first-order chi connectivity index (χ1) is 18.8. The normalized spacial score (nSPS) is 17.1. The van der Waals surface area contributed by atoms with Crippen LogP contribution in [-0.2, 0) is 16.0 Å². The minimum atomic E-state index is -0.397. The minimum absolute atomic E-state index is 0.253. The molecule has 0 aliphatic carbocycles. The third kappa shape index (κ3) is 6.45. The molecule has 2 saturated heterocycles. The maximum atomic E-state index is 13.2. The fourth-order valence-electron chi connectivity index (χ4n) is 4.97. The Morgan fingerprint density at radius 1 is 1.00 bits per heavy atom. The molecule has 2 amide bonds. The zero-order chi connectivity index (χ0) is 27.4. The molecule has 204 valence electrons. The Balaban J connectivity index is 1.20. The van der Waals surface area contributed by atoms with Gasteiger partial charge in [0.15, 0.2) is 5.79 Å². The summed E-state index contributed by atoms with van der Waals surface area (Å²) in [6, 6.07) is 13.6. The number of aryl methyl sites for hydroxylation is 3. The van der Waals surface area contributed by atoms with Gasteiger partial charge in [-0.15, -0.1) is 11.3 Å². The lowest BCUT2D eigenvalue weighted by Crippen LogP contribution is -2.44. The molecule has 1 spiro atoms. The number of anilines is 1. The van der Waals surface area contributed by atoms with Crippen molar-refractivity contribution in [3.05, 3.63) is 86.8 Å². The summed E-state index contributed by atoms with van der Waals surface area (Å²) in [5.74, 6) is -1.01. The SMILES string of the molecule is Cc1ccc(/C=N/NC(=O)c2c(C)csc2NC(=O)c2cccc(CN3CCC4(CC3)OCCO4)c2)cc1C. The molecule has 0 radical (unpaired) electrons. The zero-order valence-electron chi connectivity index (χ0n) is 22.6. The fraction of sp³-hybridized carbons (Fsp3) is 0.367. The van der Waals surface area contributed by atoms with Crippen LogP contribution in [0, 0.1) is 20.8 Å². The van der Waals surface area contributed by atoms with Crippen molar-refractivity contribution in [2.75, 3.05) is 31.6 Å². The van der Waals surface area contributed by atoms with Crippen molar-refractivity contribution in [3.63, 3.8) is 0 Å². The summed E-state index contributed by atoms with van der Waals surface area (Å²) >= 11 is 1.33. The van der Waals surface area contributed by atoms with Crippen LogP contribution in [0.5, 0.6) is 0 Å². The lowest BCUT2D eigenvalue weighted by Gasteiger charge is -2.37. The van der Waals surface area contributed by atoms with Gasteiger partial charge in [-0.05, 0) is 66.1 Å². The van der Waals surface area contributed by atoms with E-state index in [-0.39, 0.29) is 11.8 Å². The molecule has 2 aliphatic rings. The van der Waals surface area contributed by atoms with E-state index in [0.29, 0.717) is 29.3 Å². The van der Waals surface area contributed by atoms with Crippen molar-refractivity contribution >= 4 is 34.4 Å². The van der Waals surface area contributed by atoms with Crippen LogP contribution >= 0.6 is 11.3 Å². The number of nitrogens with one attached hydrogen (secondary N) is 2. The predicted molar refractivity (Wildman–Crippen MR) is 154 cm³/mol. The van der Waals surface area contributed by atoms with Crippen LogP contribution in [0.2, 0.25) is 0 Å². The van der Waals surface area contributed by atoms with E-state index in [1.807, 2.05) is 62.5 Å². The van der Waals surface area contributed by atoms with E-state index in [1.54, 1.807) is 12.3 Å². The second-order valence-electron chi connectivity index (χ2n) is 10.2. The number of benzene rings is 2. The summed E-state index contributed by atoms with van der Waals surface area (Å²) in [5, 5.41) is 9.42. The molecule has 3 heterocycles. The average molecular weight is 547 g/mol. The number of amides is 2. The van der Waals surface area contributed by atoms with Crippen LogP contribution < -0.4 is 10.7 Å². The molecule has 3 aromatic rings. The molecule has 9 heteroatoms. The molecular formula is C30H34N4O4S. The van der Waals surface area contributed by atoms with E-state index in [4.69, 9.17) is 9.47 Å². The lowest BCUT2D eigenvalue weighted by atomic mass is 10.0. The summed E-state index contributed by atoms with van der Waals surface area (Å²) in [7, 11) is 0. The molecule has 2 N–H and O–H groups in total. The van der Waals surface area contributed by atoms with Crippen LogP contribution in [-0.4, -0.2) is 55.0 Å². The number of hydrogen-bond donors (Lipinski definition) is 2. The van der Waals surface area contributed by atoms with Crippen LogP contribution in [0.3, 0.4) is 0 Å². The van der Waals surface area contributed by atoms with Gasteiger partial charge in [0.2, 0.25) is 0 Å². The quantitative estimate of drug-likeness (QED) is 0.320. The van der Waals surface area contributed by atoms with Crippen LogP contribution in [0.4, 0.5) is 5.00 Å². The molecular weight excluding hydrogens is 512 g/mol. The van der Waals surface area contributed by atoms with E-state index < -0.39 is 5.79 Å². The Kier molecular flexibility index (Phi) is 8.23. The number of likely N-dealkylation sites (tertiary alicyclic amines) is 1. The molecule has 0 saturated carbocycles. The highest BCUT2D eigenvalue weighted by Crippen LogP contribution is 2.32. The van der Waals surface area contributed by atoms with E-state index in [2.05, 4.69) is 20.7 Å². The number of piperidine rings is 1. The second-order valence-corrected chi connectivity index (χ2v) is 11.1. The zero-order valence-corrected chi connectivity index (χ0v) is 23.4. The Morgan fingerprint density at radius 2 is 1.77 bits per heavy atom. The van der Waals surface area contributed by atoms with Gasteiger partial charge in [0.25, 0.3) is 11.8 Å². The summed E-state index contributed by atoms with van der Waals surface area (Å²) in [5.41, 5.74) is 8.66. The maximum absolute atomic E-state index is 13.2. The number of carbonyl (C=O) groups excluding carboxylic acids is 2. The first-order valence-electron chi connectivity index (χ1n) is 13.2. The van der Waals surface area contributed by atoms with Crippen molar-refractivity contribution < 1.29 is 19.1 Å². The van der Waals surface area contributed by atoms with Gasteiger partial charge in [-0.1, -0.05) is 30.3 Å². The molecule has 2 fully saturated rings. The van der Waals surface area contributed by atoms with Crippen molar-refractivity contribution in [2.45, 2.75) is 45.9 Å². The number of hydrazone groups is 1. The smallest absolute Gasteiger partial charge is 0.274 e. The summed E-state index contributed by atoms with van der Waals surface area (Å²) in [6.45, 7) is 9.79. The third-order valence-corrected chi connectivity index (χ3v) is 8.38. The van der Waals surface area contributed by atoms with E-state index >= 15 is 0 Å². The monoisotopic (exact) mass is 546 g/mol. The van der Waals surface area contributed by atoms with Gasteiger partial charge in [0, 0.05) is 38.0 Å². The largest absolute Gasteiger partial charge is 0.347 e. The molecule has 2 aliphatic heterocycles. The summed E-state index contributed by atoms with van der Waals surface area (Å²) in [6.07, 6.45) is 3.32. The van der Waals surface area contributed by atoms with Gasteiger partial charge in [-0.3, -0.25) is 14.5 Å². The molecule has 0 bridgehead atoms. The molecule has 0 atom stereocenters. The third-order valence-electron chi connectivity index (χ3n) is 7.37. The first kappa shape index (κ1) is 27.2. The minimum Gasteiger partial charge on any atom is -0.347 e. The van der Waals surface area contributed by atoms with Crippen molar-refractivity contribution in [1.29, 1.82) is 0 Å².